The Bertz CT molecular complexity index is 445. The molecule has 0 amide bonds. The molecule has 0 spiro atoms. The number of methoxy groups -OCH3 is 1. The molecule has 1 atom stereocenters. The summed E-state index contributed by atoms with van der Waals surface area (Å²) in [5, 5.41) is 6.60. The maximum Gasteiger partial charge on any atom is 0.401 e. The molecule has 2 fully saturated rings. The lowest BCUT2D eigenvalue weighted by atomic mass is 9.97. The molecule has 2 heterocycles. The molecule has 0 aromatic rings. The lowest BCUT2D eigenvalue weighted by Crippen LogP contribution is -2.47. The van der Waals surface area contributed by atoms with E-state index in [2.05, 4.69) is 20.5 Å². The van der Waals surface area contributed by atoms with Gasteiger partial charge in [-0.2, -0.15) is 13.2 Å². The number of guanidine groups is 1. The predicted octanol–water partition coefficient (Wildman–Crippen LogP) is 1.76. The molecule has 0 bridgehead atoms. The van der Waals surface area contributed by atoms with Crippen LogP contribution < -0.4 is 10.6 Å². The molecule has 2 aliphatic heterocycles. The second kappa shape index (κ2) is 12.3. The van der Waals surface area contributed by atoms with Crippen molar-refractivity contribution in [3.05, 3.63) is 0 Å². The molecule has 6 nitrogen and oxygen atoms in total. The Morgan fingerprint density at radius 1 is 1.15 bits per heavy atom. The Morgan fingerprint density at radius 2 is 1.81 bits per heavy atom. The smallest absolute Gasteiger partial charge is 0.383 e. The minimum Gasteiger partial charge on any atom is -0.383 e. The van der Waals surface area contributed by atoms with Gasteiger partial charge in [-0.05, 0) is 38.3 Å². The third-order valence-electron chi connectivity index (χ3n) is 5.12. The summed E-state index contributed by atoms with van der Waals surface area (Å²) in [5.74, 6) is 1.28. The molecule has 160 valence electrons. The SMILES string of the molecule is CN=C(NCC1CCN(CCOC)CC1)NC1CCN(CC(F)(F)F)C1.I. The normalized spacial score (nSPS) is 23.3. The van der Waals surface area contributed by atoms with Gasteiger partial charge in [0.2, 0.25) is 0 Å². The summed E-state index contributed by atoms with van der Waals surface area (Å²) >= 11 is 0. The number of piperidine rings is 1. The van der Waals surface area contributed by atoms with Crippen molar-refractivity contribution >= 4 is 29.9 Å². The van der Waals surface area contributed by atoms with E-state index in [1.807, 2.05) is 0 Å². The number of ether oxygens (including phenoxy) is 1. The summed E-state index contributed by atoms with van der Waals surface area (Å²) in [6, 6.07) is 0.0134. The third kappa shape index (κ3) is 9.62. The Morgan fingerprint density at radius 3 is 2.41 bits per heavy atom. The number of halogens is 4. The van der Waals surface area contributed by atoms with Crippen LogP contribution in [0, 0.1) is 5.92 Å². The first-order valence-electron chi connectivity index (χ1n) is 9.37. The number of nitrogens with zero attached hydrogens (tertiary/aromatic N) is 3. The summed E-state index contributed by atoms with van der Waals surface area (Å²) in [4.78, 5) is 8.08. The van der Waals surface area contributed by atoms with Crippen molar-refractivity contribution in [1.82, 2.24) is 20.4 Å². The molecule has 2 rings (SSSR count). The summed E-state index contributed by atoms with van der Waals surface area (Å²) in [6.45, 7) is 4.79. The number of rotatable bonds is 7. The first-order chi connectivity index (χ1) is 12.4. The quantitative estimate of drug-likeness (QED) is 0.313. The van der Waals surface area contributed by atoms with Crippen LogP contribution in [0.1, 0.15) is 19.3 Å². The highest BCUT2D eigenvalue weighted by Crippen LogP contribution is 2.20. The van der Waals surface area contributed by atoms with Gasteiger partial charge < -0.3 is 20.3 Å². The number of hydrogen-bond acceptors (Lipinski definition) is 4. The number of alkyl halides is 3. The zero-order valence-electron chi connectivity index (χ0n) is 16.2. The molecule has 0 radical (unpaired) electrons. The van der Waals surface area contributed by atoms with Gasteiger partial charge in [0.15, 0.2) is 5.96 Å². The van der Waals surface area contributed by atoms with Crippen molar-refractivity contribution in [2.45, 2.75) is 31.5 Å². The Labute approximate surface area is 177 Å². The number of aliphatic imine (C=N–C) groups is 1. The van der Waals surface area contributed by atoms with Crippen molar-refractivity contribution in [1.29, 1.82) is 0 Å². The fourth-order valence-electron chi connectivity index (χ4n) is 3.61. The minimum atomic E-state index is -4.13. The van der Waals surface area contributed by atoms with Crippen LogP contribution in [0.5, 0.6) is 0 Å². The zero-order chi connectivity index (χ0) is 19.0. The molecule has 2 N–H and O–H groups in total. The van der Waals surface area contributed by atoms with E-state index in [9.17, 15) is 13.2 Å². The molecular weight excluding hydrogens is 474 g/mol. The van der Waals surface area contributed by atoms with Crippen LogP contribution in [-0.4, -0.2) is 94.6 Å². The van der Waals surface area contributed by atoms with E-state index >= 15 is 0 Å². The van der Waals surface area contributed by atoms with Crippen LogP contribution in [0.25, 0.3) is 0 Å². The largest absolute Gasteiger partial charge is 0.401 e. The van der Waals surface area contributed by atoms with Crippen LogP contribution in [0.4, 0.5) is 13.2 Å². The van der Waals surface area contributed by atoms with Crippen LogP contribution >= 0.6 is 24.0 Å². The van der Waals surface area contributed by atoms with E-state index in [1.165, 1.54) is 4.90 Å². The van der Waals surface area contributed by atoms with Gasteiger partial charge in [-0.25, -0.2) is 0 Å². The molecule has 1 unspecified atom stereocenters. The van der Waals surface area contributed by atoms with E-state index in [0.717, 1.165) is 45.6 Å². The van der Waals surface area contributed by atoms with E-state index in [-0.39, 0.29) is 30.0 Å². The van der Waals surface area contributed by atoms with E-state index in [1.54, 1.807) is 14.2 Å². The lowest BCUT2D eigenvalue weighted by molar-refractivity contribution is -0.143. The second-order valence-corrected chi connectivity index (χ2v) is 7.21. The highest BCUT2D eigenvalue weighted by atomic mass is 127. The molecule has 0 aromatic carbocycles. The number of likely N-dealkylation sites (tertiary alicyclic amines) is 2. The van der Waals surface area contributed by atoms with Crippen LogP contribution in [0.3, 0.4) is 0 Å². The molecule has 0 aromatic heterocycles. The van der Waals surface area contributed by atoms with Gasteiger partial charge in [0.05, 0.1) is 13.2 Å². The van der Waals surface area contributed by atoms with Crippen LogP contribution in [-0.2, 0) is 4.74 Å². The summed E-state index contributed by atoms with van der Waals surface area (Å²) in [6.07, 6.45) is -1.16. The standard InChI is InChI=1S/C17H32F3N5O.HI/c1-21-16(23-15-5-8-25(12-15)13-17(18,19)20)22-11-14-3-6-24(7-4-14)9-10-26-2;/h14-15H,3-13H2,1-2H3,(H2,21,22,23);1H. The molecular formula is C17H33F3IN5O. The monoisotopic (exact) mass is 507 g/mol. The first kappa shape index (κ1) is 24.7. The topological polar surface area (TPSA) is 52.1 Å². The van der Waals surface area contributed by atoms with Gasteiger partial charge in [-0.15, -0.1) is 24.0 Å². The van der Waals surface area contributed by atoms with Crippen LogP contribution in [0.2, 0.25) is 0 Å². The maximum atomic E-state index is 12.5. The van der Waals surface area contributed by atoms with Gasteiger partial charge in [-0.3, -0.25) is 9.89 Å². The van der Waals surface area contributed by atoms with Crippen molar-refractivity contribution in [3.8, 4) is 0 Å². The van der Waals surface area contributed by atoms with E-state index < -0.39 is 12.7 Å². The van der Waals surface area contributed by atoms with Crippen LogP contribution in [0.15, 0.2) is 4.99 Å². The van der Waals surface area contributed by atoms with Crippen molar-refractivity contribution in [2.24, 2.45) is 10.9 Å². The second-order valence-electron chi connectivity index (χ2n) is 7.21. The molecule has 10 heteroatoms. The molecule has 27 heavy (non-hydrogen) atoms. The zero-order valence-corrected chi connectivity index (χ0v) is 18.6. The highest BCUT2D eigenvalue weighted by molar-refractivity contribution is 14.0. The van der Waals surface area contributed by atoms with Gasteiger partial charge in [0.25, 0.3) is 0 Å². The van der Waals surface area contributed by atoms with Gasteiger partial charge in [0.1, 0.15) is 0 Å². The third-order valence-corrected chi connectivity index (χ3v) is 5.12. The molecule has 2 saturated heterocycles. The fraction of sp³-hybridized carbons (Fsp3) is 0.941. The van der Waals surface area contributed by atoms with Gasteiger partial charge in [0, 0.05) is 46.4 Å². The number of nitrogens with one attached hydrogen (secondary N) is 2. The average molecular weight is 507 g/mol. The lowest BCUT2D eigenvalue weighted by Gasteiger charge is -2.32. The van der Waals surface area contributed by atoms with Crippen molar-refractivity contribution in [2.75, 3.05) is 66.6 Å². The summed E-state index contributed by atoms with van der Waals surface area (Å²) < 4.78 is 42.6. The van der Waals surface area contributed by atoms with Crippen molar-refractivity contribution in [3.63, 3.8) is 0 Å². The Balaban J connectivity index is 0.00000364. The molecule has 0 saturated carbocycles. The minimum absolute atomic E-state index is 0. The fourth-order valence-corrected chi connectivity index (χ4v) is 3.61. The van der Waals surface area contributed by atoms with Gasteiger partial charge >= 0.3 is 6.18 Å². The van der Waals surface area contributed by atoms with E-state index in [4.69, 9.17) is 4.74 Å². The van der Waals surface area contributed by atoms with Gasteiger partial charge in [-0.1, -0.05) is 0 Å². The Kier molecular flexibility index (Phi) is 11.2. The molecule has 2 aliphatic rings. The summed E-state index contributed by atoms with van der Waals surface area (Å²) in [7, 11) is 3.42. The first-order valence-corrected chi connectivity index (χ1v) is 9.37. The Hall–Kier alpha value is -0.330. The highest BCUT2D eigenvalue weighted by Gasteiger charge is 2.34. The van der Waals surface area contributed by atoms with E-state index in [0.29, 0.717) is 31.4 Å². The predicted molar refractivity (Wildman–Crippen MR) is 112 cm³/mol. The maximum absolute atomic E-state index is 12.5. The summed E-state index contributed by atoms with van der Waals surface area (Å²) in [5.41, 5.74) is 0. The average Bonchev–Trinajstić information content (AvgIpc) is 3.02. The molecule has 0 aliphatic carbocycles. The number of hydrogen-bond donors (Lipinski definition) is 2. The van der Waals surface area contributed by atoms with Crippen molar-refractivity contribution < 1.29 is 17.9 Å².